The second kappa shape index (κ2) is 14.7. The zero-order valence-corrected chi connectivity index (χ0v) is 18.5. The van der Waals surface area contributed by atoms with Crippen LogP contribution in [0.25, 0.3) is 0 Å². The minimum atomic E-state index is -0.710. The molecule has 0 spiro atoms. The summed E-state index contributed by atoms with van der Waals surface area (Å²) in [6.07, 6.45) is 3.04. The van der Waals surface area contributed by atoms with Gasteiger partial charge in [-0.3, -0.25) is 4.99 Å². The molecular weight excluding hydrogens is 483 g/mol. The third-order valence-corrected chi connectivity index (χ3v) is 4.22. The van der Waals surface area contributed by atoms with Crippen LogP contribution >= 0.6 is 24.0 Å². The fourth-order valence-corrected chi connectivity index (χ4v) is 2.69. The lowest BCUT2D eigenvalue weighted by molar-refractivity contribution is 0.0203. The van der Waals surface area contributed by atoms with Gasteiger partial charge in [-0.2, -0.15) is 0 Å². The summed E-state index contributed by atoms with van der Waals surface area (Å²) in [5.41, 5.74) is 0. The molecule has 0 saturated carbocycles. The molecule has 1 aliphatic heterocycles. The minimum absolute atomic E-state index is 0. The summed E-state index contributed by atoms with van der Waals surface area (Å²) in [4.78, 5) is 4.11. The van der Waals surface area contributed by atoms with E-state index in [1.54, 1.807) is 7.05 Å². The smallest absolute Gasteiger partial charge is 0.191 e. The van der Waals surface area contributed by atoms with Crippen molar-refractivity contribution in [2.24, 2.45) is 10.9 Å². The van der Waals surface area contributed by atoms with Crippen molar-refractivity contribution in [3.8, 4) is 5.75 Å². The van der Waals surface area contributed by atoms with Crippen LogP contribution in [0.15, 0.2) is 23.2 Å². The zero-order chi connectivity index (χ0) is 19.3. The third-order valence-electron chi connectivity index (χ3n) is 4.22. The highest BCUT2D eigenvalue weighted by atomic mass is 127. The lowest BCUT2D eigenvalue weighted by atomic mass is 10.0. The molecule has 0 radical (unpaired) electrons. The summed E-state index contributed by atoms with van der Waals surface area (Å²) < 4.78 is 42.6. The molecule has 0 atom stereocenters. The number of halogens is 3. The van der Waals surface area contributed by atoms with E-state index in [1.165, 1.54) is 6.07 Å². The van der Waals surface area contributed by atoms with Crippen molar-refractivity contribution < 1.29 is 23.0 Å². The van der Waals surface area contributed by atoms with Crippen LogP contribution in [0.5, 0.6) is 5.75 Å². The van der Waals surface area contributed by atoms with E-state index >= 15 is 0 Å². The van der Waals surface area contributed by atoms with Crippen molar-refractivity contribution in [3.63, 3.8) is 0 Å². The van der Waals surface area contributed by atoms with Crippen LogP contribution < -0.4 is 15.4 Å². The summed E-state index contributed by atoms with van der Waals surface area (Å²) in [7, 11) is 1.68. The highest BCUT2D eigenvalue weighted by Gasteiger charge is 2.13. The van der Waals surface area contributed by atoms with Crippen LogP contribution in [-0.4, -0.2) is 59.1 Å². The van der Waals surface area contributed by atoms with Gasteiger partial charge in [0.15, 0.2) is 17.5 Å². The predicted octanol–water partition coefficient (Wildman–Crippen LogP) is 2.96. The summed E-state index contributed by atoms with van der Waals surface area (Å²) in [6.45, 7) is 4.60. The Bertz CT molecular complexity index is 588. The van der Waals surface area contributed by atoms with E-state index in [1.807, 2.05) is 0 Å². The fourth-order valence-electron chi connectivity index (χ4n) is 2.69. The van der Waals surface area contributed by atoms with E-state index < -0.39 is 11.6 Å². The quantitative estimate of drug-likeness (QED) is 0.218. The summed E-state index contributed by atoms with van der Waals surface area (Å²) >= 11 is 0. The number of hydrogen-bond acceptors (Lipinski definition) is 4. The van der Waals surface area contributed by atoms with Crippen LogP contribution in [0.3, 0.4) is 0 Å². The van der Waals surface area contributed by atoms with Gasteiger partial charge in [0.05, 0.1) is 6.54 Å². The lowest BCUT2D eigenvalue weighted by Gasteiger charge is -2.21. The van der Waals surface area contributed by atoms with Gasteiger partial charge >= 0.3 is 0 Å². The van der Waals surface area contributed by atoms with Gasteiger partial charge in [0.25, 0.3) is 0 Å². The zero-order valence-electron chi connectivity index (χ0n) is 16.2. The molecule has 6 nitrogen and oxygen atoms in total. The lowest BCUT2D eigenvalue weighted by Crippen LogP contribution is -2.40. The van der Waals surface area contributed by atoms with Gasteiger partial charge in [0, 0.05) is 46.1 Å². The number of guanidine groups is 1. The van der Waals surface area contributed by atoms with E-state index in [0.717, 1.165) is 57.8 Å². The largest absolute Gasteiger partial charge is 0.489 e. The Hall–Kier alpha value is -1.20. The van der Waals surface area contributed by atoms with Crippen molar-refractivity contribution in [3.05, 3.63) is 29.8 Å². The standard InChI is InChI=1S/C19H29F2N3O3.HI/c1-22-19(23-7-2-9-26-14-15-5-10-25-11-6-15)24-8-12-27-18-4-3-16(20)13-17(18)21;/h3-4,13,15H,2,5-12,14H2,1H3,(H2,22,23,24);1H. The van der Waals surface area contributed by atoms with Gasteiger partial charge in [-0.25, -0.2) is 8.78 Å². The second-order valence-electron chi connectivity index (χ2n) is 6.33. The maximum absolute atomic E-state index is 13.5. The van der Waals surface area contributed by atoms with E-state index in [0.29, 0.717) is 25.0 Å². The first-order chi connectivity index (χ1) is 13.2. The van der Waals surface area contributed by atoms with E-state index in [9.17, 15) is 8.78 Å². The molecule has 160 valence electrons. The number of hydrogen-bond donors (Lipinski definition) is 2. The van der Waals surface area contributed by atoms with Crippen molar-refractivity contribution in [1.82, 2.24) is 10.6 Å². The van der Waals surface area contributed by atoms with Crippen LogP contribution in [0, 0.1) is 17.6 Å². The Morgan fingerprint density at radius 2 is 1.93 bits per heavy atom. The van der Waals surface area contributed by atoms with Gasteiger partial charge in [-0.15, -0.1) is 24.0 Å². The molecule has 0 unspecified atom stereocenters. The molecule has 1 aliphatic rings. The van der Waals surface area contributed by atoms with E-state index in [2.05, 4.69) is 15.6 Å². The Morgan fingerprint density at radius 3 is 2.64 bits per heavy atom. The highest BCUT2D eigenvalue weighted by Crippen LogP contribution is 2.17. The molecule has 1 aromatic rings. The molecule has 0 amide bonds. The van der Waals surface area contributed by atoms with Crippen LogP contribution in [0.4, 0.5) is 8.78 Å². The third kappa shape index (κ3) is 9.83. The molecule has 2 N–H and O–H groups in total. The first-order valence-corrected chi connectivity index (χ1v) is 9.37. The monoisotopic (exact) mass is 513 g/mol. The van der Waals surface area contributed by atoms with Gasteiger partial charge in [-0.05, 0) is 37.3 Å². The van der Waals surface area contributed by atoms with Crippen LogP contribution in [0.2, 0.25) is 0 Å². The molecule has 1 fully saturated rings. The van der Waals surface area contributed by atoms with Gasteiger partial charge in [0.1, 0.15) is 12.4 Å². The molecule has 9 heteroatoms. The molecule has 1 heterocycles. The fraction of sp³-hybridized carbons (Fsp3) is 0.632. The number of nitrogens with one attached hydrogen (secondary N) is 2. The number of benzene rings is 1. The highest BCUT2D eigenvalue weighted by molar-refractivity contribution is 14.0. The van der Waals surface area contributed by atoms with E-state index in [-0.39, 0.29) is 36.3 Å². The van der Waals surface area contributed by atoms with Gasteiger partial charge in [-0.1, -0.05) is 0 Å². The summed E-state index contributed by atoms with van der Waals surface area (Å²) in [5, 5.41) is 6.26. The number of ether oxygens (including phenoxy) is 3. The van der Waals surface area contributed by atoms with Crippen LogP contribution in [0.1, 0.15) is 19.3 Å². The Morgan fingerprint density at radius 1 is 1.18 bits per heavy atom. The number of nitrogens with zero attached hydrogens (tertiary/aromatic N) is 1. The Balaban J connectivity index is 0.00000392. The molecule has 0 aliphatic carbocycles. The molecule has 1 saturated heterocycles. The van der Waals surface area contributed by atoms with Crippen LogP contribution in [-0.2, 0) is 9.47 Å². The second-order valence-corrected chi connectivity index (χ2v) is 6.33. The average molecular weight is 513 g/mol. The van der Waals surface area contributed by atoms with Gasteiger partial charge < -0.3 is 24.8 Å². The molecule has 0 bridgehead atoms. The molecule has 0 aromatic heterocycles. The van der Waals surface area contributed by atoms with Crippen molar-refractivity contribution in [2.45, 2.75) is 19.3 Å². The number of aliphatic imine (C=N–C) groups is 1. The summed E-state index contributed by atoms with van der Waals surface area (Å²) in [5.74, 6) is -0.0462. The first kappa shape index (κ1) is 24.8. The van der Waals surface area contributed by atoms with Crippen molar-refractivity contribution in [2.75, 3.05) is 53.2 Å². The molecule has 1 aromatic carbocycles. The molecule has 2 rings (SSSR count). The Labute approximate surface area is 182 Å². The topological polar surface area (TPSA) is 64.1 Å². The molecular formula is C19H30F2IN3O3. The van der Waals surface area contributed by atoms with Crippen molar-refractivity contribution in [1.29, 1.82) is 0 Å². The predicted molar refractivity (Wildman–Crippen MR) is 116 cm³/mol. The Kier molecular flexibility index (Phi) is 13.1. The SMILES string of the molecule is CN=C(NCCCOCC1CCOCC1)NCCOc1ccc(F)cc1F.I. The maximum Gasteiger partial charge on any atom is 0.191 e. The first-order valence-electron chi connectivity index (χ1n) is 9.37. The summed E-state index contributed by atoms with van der Waals surface area (Å²) in [6, 6.07) is 3.24. The normalized spacial score (nSPS) is 15.0. The average Bonchev–Trinajstić information content (AvgIpc) is 2.68. The van der Waals surface area contributed by atoms with E-state index in [4.69, 9.17) is 14.2 Å². The maximum atomic E-state index is 13.5. The number of rotatable bonds is 10. The molecule has 28 heavy (non-hydrogen) atoms. The minimum Gasteiger partial charge on any atom is -0.489 e. The van der Waals surface area contributed by atoms with Gasteiger partial charge in [0.2, 0.25) is 0 Å². The van der Waals surface area contributed by atoms with Crippen molar-refractivity contribution >= 4 is 29.9 Å².